The van der Waals surface area contributed by atoms with Crippen molar-refractivity contribution >= 4 is 17.7 Å². The van der Waals surface area contributed by atoms with Crippen molar-refractivity contribution in [1.29, 1.82) is 0 Å². The van der Waals surface area contributed by atoms with Gasteiger partial charge in [0, 0.05) is 11.1 Å². The van der Waals surface area contributed by atoms with Crippen LogP contribution in [0.5, 0.6) is 0 Å². The molecule has 8 heteroatoms. The van der Waals surface area contributed by atoms with Gasteiger partial charge in [0.25, 0.3) is 11.7 Å². The molecule has 0 fully saturated rings. The molecule has 0 heterocycles. The van der Waals surface area contributed by atoms with Gasteiger partial charge in [-0.1, -0.05) is 45.1 Å². The van der Waals surface area contributed by atoms with E-state index >= 15 is 0 Å². The van der Waals surface area contributed by atoms with E-state index in [-0.39, 0.29) is 11.0 Å². The number of carbonyl (C=O) groups excluding carboxylic acids is 2. The number of ketones is 1. The first-order valence-electron chi connectivity index (χ1n) is 7.26. The molecule has 0 aliphatic rings. The van der Waals surface area contributed by atoms with Crippen molar-refractivity contribution in [2.24, 2.45) is 5.41 Å². The van der Waals surface area contributed by atoms with E-state index in [1.807, 2.05) is 20.8 Å². The smallest absolute Gasteiger partial charge is 0.454 e. The van der Waals surface area contributed by atoms with Crippen molar-refractivity contribution < 1.29 is 32.7 Å². The van der Waals surface area contributed by atoms with Crippen LogP contribution in [0.2, 0.25) is 0 Å². The fourth-order valence-corrected chi connectivity index (χ4v) is 1.74. The Morgan fingerprint density at radius 1 is 1.04 bits per heavy atom. The van der Waals surface area contributed by atoms with Crippen LogP contribution in [0.4, 0.5) is 13.2 Å². The first-order chi connectivity index (χ1) is 11.3. The summed E-state index contributed by atoms with van der Waals surface area (Å²) >= 11 is 0. The van der Waals surface area contributed by atoms with Crippen LogP contribution in [-0.4, -0.2) is 35.0 Å². The number of carbonyl (C=O) groups is 3. The number of aliphatic carboxylic acids is 1. The fraction of sp³-hybridized carbons (Fsp3) is 0.353. The van der Waals surface area contributed by atoms with Gasteiger partial charge in [0.2, 0.25) is 0 Å². The lowest BCUT2D eigenvalue weighted by Crippen LogP contribution is -2.39. The van der Waals surface area contributed by atoms with Gasteiger partial charge in [-0.05, 0) is 17.5 Å². The Hall–Kier alpha value is -2.64. The molecule has 1 aromatic carbocycles. The summed E-state index contributed by atoms with van der Waals surface area (Å²) in [7, 11) is 0. The zero-order chi connectivity index (χ0) is 19.4. The molecule has 1 rings (SSSR count). The highest BCUT2D eigenvalue weighted by atomic mass is 19.4. The minimum absolute atomic E-state index is 0.0610. The number of halogens is 3. The van der Waals surface area contributed by atoms with E-state index in [0.717, 1.165) is 24.3 Å². The minimum Gasteiger partial charge on any atom is -0.479 e. The number of benzene rings is 1. The molecule has 25 heavy (non-hydrogen) atoms. The Morgan fingerprint density at radius 2 is 1.52 bits per heavy atom. The number of nitrogens with one attached hydrogen (secondary N) is 1. The van der Waals surface area contributed by atoms with Crippen LogP contribution >= 0.6 is 0 Å². The summed E-state index contributed by atoms with van der Waals surface area (Å²) in [5.74, 6) is -4.08. The molecule has 0 saturated carbocycles. The first-order valence-corrected chi connectivity index (χ1v) is 7.26. The van der Waals surface area contributed by atoms with Gasteiger partial charge in [0.1, 0.15) is 6.04 Å². The molecule has 0 aliphatic heterocycles. The number of carboxylic acid groups (broad SMARTS) is 1. The van der Waals surface area contributed by atoms with E-state index in [1.54, 1.807) is 6.08 Å². The maximum absolute atomic E-state index is 12.3. The summed E-state index contributed by atoms with van der Waals surface area (Å²) in [4.78, 5) is 34.3. The molecule has 0 aliphatic carbocycles. The Kier molecular flexibility index (Phi) is 6.12. The highest BCUT2D eigenvalue weighted by Gasteiger charge is 2.39. The molecule has 0 aromatic heterocycles. The van der Waals surface area contributed by atoms with Crippen molar-refractivity contribution in [3.05, 3.63) is 47.5 Å². The highest BCUT2D eigenvalue weighted by Crippen LogP contribution is 2.21. The summed E-state index contributed by atoms with van der Waals surface area (Å²) in [5.41, 5.74) is -0.960. The Balaban J connectivity index is 2.90. The van der Waals surface area contributed by atoms with Crippen molar-refractivity contribution in [3.63, 3.8) is 0 Å². The van der Waals surface area contributed by atoms with Gasteiger partial charge in [-0.2, -0.15) is 13.2 Å². The third-order valence-corrected chi connectivity index (χ3v) is 3.01. The van der Waals surface area contributed by atoms with Crippen LogP contribution in [0.3, 0.4) is 0 Å². The van der Waals surface area contributed by atoms with Crippen molar-refractivity contribution in [2.45, 2.75) is 33.0 Å². The molecule has 0 radical (unpaired) electrons. The van der Waals surface area contributed by atoms with Crippen LogP contribution in [0.1, 0.15) is 41.5 Å². The summed E-state index contributed by atoms with van der Waals surface area (Å²) < 4.78 is 37.0. The summed E-state index contributed by atoms with van der Waals surface area (Å²) in [5, 5.41) is 11.4. The lowest BCUT2D eigenvalue weighted by atomic mass is 9.95. The van der Waals surface area contributed by atoms with Crippen molar-refractivity contribution in [2.75, 3.05) is 0 Å². The molecule has 1 unspecified atom stereocenters. The highest BCUT2D eigenvalue weighted by molar-refractivity contribution is 6.02. The van der Waals surface area contributed by atoms with E-state index in [0.29, 0.717) is 0 Å². The van der Waals surface area contributed by atoms with Gasteiger partial charge in [-0.25, -0.2) is 4.79 Å². The van der Waals surface area contributed by atoms with Gasteiger partial charge in [0.15, 0.2) is 0 Å². The molecule has 0 bridgehead atoms. The second-order valence-electron chi connectivity index (χ2n) is 6.42. The SMILES string of the molecule is CC(C)(C)/C=C/C(NC(=O)c1ccc(C(=O)C(F)(F)F)cc1)C(=O)O. The fourth-order valence-electron chi connectivity index (χ4n) is 1.74. The van der Waals surface area contributed by atoms with Gasteiger partial charge in [-0.3, -0.25) is 9.59 Å². The number of carboxylic acids is 1. The topological polar surface area (TPSA) is 83.5 Å². The van der Waals surface area contributed by atoms with E-state index in [1.165, 1.54) is 6.08 Å². The molecular formula is C17H18F3NO4. The maximum Gasteiger partial charge on any atom is 0.454 e. The standard InChI is InChI=1S/C17H18F3NO4/c1-16(2,3)9-8-12(15(24)25)21-14(23)11-6-4-10(5-7-11)13(22)17(18,19)20/h4-9,12H,1-3H3,(H,21,23)(H,24,25)/b9-8+. The predicted molar refractivity (Wildman–Crippen MR) is 84.3 cm³/mol. The van der Waals surface area contributed by atoms with Gasteiger partial charge in [-0.15, -0.1) is 0 Å². The van der Waals surface area contributed by atoms with Crippen LogP contribution < -0.4 is 5.32 Å². The lowest BCUT2D eigenvalue weighted by molar-refractivity contribution is -0.137. The molecule has 1 aromatic rings. The minimum atomic E-state index is -5.00. The number of allylic oxidation sites excluding steroid dienone is 1. The second-order valence-corrected chi connectivity index (χ2v) is 6.42. The zero-order valence-electron chi connectivity index (χ0n) is 13.8. The molecule has 0 saturated heterocycles. The third kappa shape index (κ3) is 6.40. The number of hydrogen-bond acceptors (Lipinski definition) is 3. The molecule has 5 nitrogen and oxygen atoms in total. The zero-order valence-corrected chi connectivity index (χ0v) is 13.8. The van der Waals surface area contributed by atoms with Gasteiger partial charge < -0.3 is 10.4 Å². The number of alkyl halides is 3. The normalized spacial score (nSPS) is 13.5. The summed E-state index contributed by atoms with van der Waals surface area (Å²) in [6.45, 7) is 5.54. The number of rotatable bonds is 5. The Morgan fingerprint density at radius 3 is 1.92 bits per heavy atom. The molecule has 2 N–H and O–H groups in total. The first kappa shape index (κ1) is 20.4. The molecule has 136 valence electrons. The summed E-state index contributed by atoms with van der Waals surface area (Å²) in [6.07, 6.45) is -2.06. The largest absolute Gasteiger partial charge is 0.479 e. The van der Waals surface area contributed by atoms with Crippen LogP contribution in [0.25, 0.3) is 0 Å². The summed E-state index contributed by atoms with van der Waals surface area (Å²) in [6, 6.07) is 2.50. The number of amides is 1. The molecule has 1 atom stereocenters. The Bertz CT molecular complexity index is 685. The molecule has 1 amide bonds. The predicted octanol–water partition coefficient (Wildman–Crippen LogP) is 3.22. The number of hydrogen-bond donors (Lipinski definition) is 2. The molecule has 0 spiro atoms. The maximum atomic E-state index is 12.3. The quantitative estimate of drug-likeness (QED) is 0.626. The number of Topliss-reactive ketones (excluding diaryl/α,β-unsaturated/α-hetero) is 1. The van der Waals surface area contributed by atoms with Gasteiger partial charge >= 0.3 is 12.1 Å². The van der Waals surface area contributed by atoms with Gasteiger partial charge in [0.05, 0.1) is 0 Å². The second kappa shape index (κ2) is 7.50. The van der Waals surface area contributed by atoms with E-state index < -0.39 is 35.4 Å². The van der Waals surface area contributed by atoms with Crippen LogP contribution in [0.15, 0.2) is 36.4 Å². The monoisotopic (exact) mass is 357 g/mol. The van der Waals surface area contributed by atoms with Crippen LogP contribution in [0, 0.1) is 5.41 Å². The van der Waals surface area contributed by atoms with E-state index in [4.69, 9.17) is 5.11 Å². The van der Waals surface area contributed by atoms with Crippen LogP contribution in [-0.2, 0) is 4.79 Å². The van der Waals surface area contributed by atoms with E-state index in [2.05, 4.69) is 5.32 Å². The lowest BCUT2D eigenvalue weighted by Gasteiger charge is -2.15. The average molecular weight is 357 g/mol. The Labute approximate surface area is 142 Å². The third-order valence-electron chi connectivity index (χ3n) is 3.01. The average Bonchev–Trinajstić information content (AvgIpc) is 2.48. The van der Waals surface area contributed by atoms with Crippen molar-refractivity contribution in [3.8, 4) is 0 Å². The van der Waals surface area contributed by atoms with Crippen molar-refractivity contribution in [1.82, 2.24) is 5.32 Å². The molecular weight excluding hydrogens is 339 g/mol. The van der Waals surface area contributed by atoms with E-state index in [9.17, 15) is 27.6 Å².